The Kier molecular flexibility index (Phi) is 13.8. The number of unbranched alkanes of at least 4 members (excludes halogenated alkanes) is 1. The lowest BCUT2D eigenvalue weighted by atomic mass is 10.1. The number of hydrogen-bond donors (Lipinski definition) is 8. The minimum atomic E-state index is -1.22. The average molecular weight is 502 g/mol. The van der Waals surface area contributed by atoms with E-state index in [1.54, 1.807) is 0 Å². The first-order valence-electron chi connectivity index (χ1n) is 10.9. The molecule has 3 amide bonds. The molecule has 4 atom stereocenters. The van der Waals surface area contributed by atoms with Gasteiger partial charge in [-0.2, -0.15) is 11.8 Å². The number of carboxylic acid groups (broad SMARTS) is 1. The van der Waals surface area contributed by atoms with Crippen LogP contribution < -0.4 is 27.4 Å². The highest BCUT2D eigenvalue weighted by atomic mass is 32.2. The molecule has 0 fully saturated rings. The molecule has 0 bridgehead atoms. The molecule has 0 radical (unpaired) electrons. The van der Waals surface area contributed by atoms with Crippen molar-refractivity contribution in [3.8, 4) is 0 Å². The van der Waals surface area contributed by atoms with Gasteiger partial charge < -0.3 is 42.6 Å². The number of aromatic amines is 1. The van der Waals surface area contributed by atoms with Crippen LogP contribution in [-0.4, -0.2) is 93.2 Å². The summed E-state index contributed by atoms with van der Waals surface area (Å²) in [6.07, 6.45) is 6.36. The van der Waals surface area contributed by atoms with E-state index < -0.39 is 54.5 Å². The standard InChI is InChI=1S/C20H35N7O6S/c1-34-7-5-14(18(30)26-15(20(32)33)4-2-3-6-21)25-19(31)16(8-12-9-23-11-24-12)27-17(29)13(22)10-28/h9,11,13-16,28H,2-8,10,21-22H2,1H3,(H,23,24)(H,25,31)(H,26,30)(H,27,29)(H,32,33). The maximum absolute atomic E-state index is 13.0. The second kappa shape index (κ2) is 16.0. The summed E-state index contributed by atoms with van der Waals surface area (Å²) < 4.78 is 0. The molecule has 13 nitrogen and oxygen atoms in total. The summed E-state index contributed by atoms with van der Waals surface area (Å²) in [4.78, 5) is 56.4. The van der Waals surface area contributed by atoms with Crippen molar-refractivity contribution >= 4 is 35.5 Å². The zero-order valence-electron chi connectivity index (χ0n) is 19.2. The van der Waals surface area contributed by atoms with Gasteiger partial charge in [0.1, 0.15) is 24.2 Å². The van der Waals surface area contributed by atoms with Crippen molar-refractivity contribution in [2.75, 3.05) is 25.2 Å². The number of aromatic nitrogens is 2. The monoisotopic (exact) mass is 501 g/mol. The number of amides is 3. The summed E-state index contributed by atoms with van der Waals surface area (Å²) in [5, 5.41) is 26.1. The number of rotatable bonds is 17. The van der Waals surface area contributed by atoms with Crippen molar-refractivity contribution in [2.24, 2.45) is 11.5 Å². The molecular weight excluding hydrogens is 466 g/mol. The van der Waals surface area contributed by atoms with Crippen LogP contribution in [0.4, 0.5) is 0 Å². The largest absolute Gasteiger partial charge is 0.480 e. The van der Waals surface area contributed by atoms with Crippen LogP contribution in [0.3, 0.4) is 0 Å². The second-order valence-electron chi connectivity index (χ2n) is 7.66. The average Bonchev–Trinajstić information content (AvgIpc) is 3.32. The number of nitrogens with two attached hydrogens (primary N) is 2. The molecule has 192 valence electrons. The van der Waals surface area contributed by atoms with Crippen LogP contribution in [0.1, 0.15) is 31.4 Å². The summed E-state index contributed by atoms with van der Waals surface area (Å²) in [5.41, 5.74) is 11.5. The second-order valence-corrected chi connectivity index (χ2v) is 8.64. The fourth-order valence-electron chi connectivity index (χ4n) is 2.99. The molecule has 1 rings (SSSR count). The third kappa shape index (κ3) is 10.5. The van der Waals surface area contributed by atoms with Gasteiger partial charge in [-0.25, -0.2) is 9.78 Å². The SMILES string of the molecule is CSCCC(NC(=O)C(Cc1cnc[nH]1)NC(=O)C(N)CO)C(=O)NC(CCCCN)C(=O)O. The number of thioether (sulfide) groups is 1. The molecule has 0 saturated heterocycles. The van der Waals surface area contributed by atoms with Crippen LogP contribution in [0.5, 0.6) is 0 Å². The van der Waals surface area contributed by atoms with Gasteiger partial charge in [0.2, 0.25) is 17.7 Å². The van der Waals surface area contributed by atoms with Crippen molar-refractivity contribution < 1.29 is 29.4 Å². The van der Waals surface area contributed by atoms with E-state index in [4.69, 9.17) is 16.6 Å². The molecule has 1 heterocycles. The zero-order valence-corrected chi connectivity index (χ0v) is 20.0. The van der Waals surface area contributed by atoms with Crippen LogP contribution in [0.25, 0.3) is 0 Å². The van der Waals surface area contributed by atoms with Crippen LogP contribution in [0, 0.1) is 0 Å². The Morgan fingerprint density at radius 2 is 1.71 bits per heavy atom. The van der Waals surface area contributed by atoms with Gasteiger partial charge in [-0.15, -0.1) is 0 Å². The number of carbonyl (C=O) groups excluding carboxylic acids is 3. The number of nitrogens with one attached hydrogen (secondary N) is 4. The Morgan fingerprint density at radius 1 is 1.06 bits per heavy atom. The number of aliphatic hydroxyl groups is 1. The zero-order chi connectivity index (χ0) is 25.5. The van der Waals surface area contributed by atoms with E-state index in [1.165, 1.54) is 24.3 Å². The molecule has 0 aliphatic rings. The van der Waals surface area contributed by atoms with Gasteiger partial charge in [-0.1, -0.05) is 0 Å². The minimum absolute atomic E-state index is 0.0312. The first kappa shape index (κ1) is 29.4. The highest BCUT2D eigenvalue weighted by Gasteiger charge is 2.30. The topological polar surface area (TPSA) is 226 Å². The van der Waals surface area contributed by atoms with Gasteiger partial charge in [0.05, 0.1) is 12.9 Å². The first-order valence-corrected chi connectivity index (χ1v) is 12.3. The van der Waals surface area contributed by atoms with E-state index in [9.17, 15) is 24.3 Å². The Hall–Kier alpha value is -2.68. The lowest BCUT2D eigenvalue weighted by Gasteiger charge is -2.25. The van der Waals surface area contributed by atoms with Crippen LogP contribution >= 0.6 is 11.8 Å². The van der Waals surface area contributed by atoms with Gasteiger partial charge in [0.25, 0.3) is 0 Å². The van der Waals surface area contributed by atoms with Gasteiger partial charge in [0.15, 0.2) is 0 Å². The van der Waals surface area contributed by atoms with Gasteiger partial charge in [0, 0.05) is 18.3 Å². The minimum Gasteiger partial charge on any atom is -0.480 e. The smallest absolute Gasteiger partial charge is 0.326 e. The molecule has 14 heteroatoms. The molecule has 0 spiro atoms. The number of hydrogen-bond acceptors (Lipinski definition) is 9. The molecule has 10 N–H and O–H groups in total. The van der Waals surface area contributed by atoms with E-state index in [0.717, 1.165) is 0 Å². The Morgan fingerprint density at radius 3 is 2.26 bits per heavy atom. The molecule has 1 aromatic heterocycles. The number of carbonyl (C=O) groups is 4. The number of imidazole rings is 1. The fourth-order valence-corrected chi connectivity index (χ4v) is 3.46. The number of aliphatic hydroxyl groups excluding tert-OH is 1. The van der Waals surface area contributed by atoms with E-state index in [1.807, 2.05) is 6.26 Å². The number of H-pyrrole nitrogens is 1. The third-order valence-electron chi connectivity index (χ3n) is 4.95. The van der Waals surface area contributed by atoms with Crippen molar-refractivity contribution in [2.45, 2.75) is 56.3 Å². The van der Waals surface area contributed by atoms with Crippen LogP contribution in [0.15, 0.2) is 12.5 Å². The molecule has 34 heavy (non-hydrogen) atoms. The maximum atomic E-state index is 13.0. The first-order chi connectivity index (χ1) is 16.2. The summed E-state index contributed by atoms with van der Waals surface area (Å²) in [7, 11) is 0. The van der Waals surface area contributed by atoms with Crippen molar-refractivity contribution in [3.63, 3.8) is 0 Å². The van der Waals surface area contributed by atoms with Gasteiger partial charge in [-0.3, -0.25) is 14.4 Å². The predicted molar refractivity (Wildman–Crippen MR) is 127 cm³/mol. The van der Waals surface area contributed by atoms with Crippen molar-refractivity contribution in [1.82, 2.24) is 25.9 Å². The molecule has 0 aliphatic carbocycles. The summed E-state index contributed by atoms with van der Waals surface area (Å²) in [6.45, 7) is -0.195. The number of aliphatic carboxylic acids is 1. The predicted octanol–water partition coefficient (Wildman–Crippen LogP) is -2.31. The molecule has 0 aromatic carbocycles. The van der Waals surface area contributed by atoms with Crippen molar-refractivity contribution in [3.05, 3.63) is 18.2 Å². The maximum Gasteiger partial charge on any atom is 0.326 e. The molecule has 4 unspecified atom stereocenters. The normalized spacial score (nSPS) is 14.5. The van der Waals surface area contributed by atoms with Crippen LogP contribution in [-0.2, 0) is 25.6 Å². The Bertz CT molecular complexity index is 779. The molecule has 0 aliphatic heterocycles. The third-order valence-corrected chi connectivity index (χ3v) is 5.59. The highest BCUT2D eigenvalue weighted by Crippen LogP contribution is 2.07. The Balaban J connectivity index is 2.96. The molecular formula is C20H35N7O6S. The summed E-state index contributed by atoms with van der Waals surface area (Å²) >= 11 is 1.46. The Labute approximate surface area is 202 Å². The van der Waals surface area contributed by atoms with E-state index in [-0.39, 0.29) is 19.3 Å². The van der Waals surface area contributed by atoms with Gasteiger partial charge >= 0.3 is 5.97 Å². The fraction of sp³-hybridized carbons (Fsp3) is 0.650. The lowest BCUT2D eigenvalue weighted by molar-refractivity contribution is -0.142. The van der Waals surface area contributed by atoms with Crippen LogP contribution in [0.2, 0.25) is 0 Å². The molecule has 1 aromatic rings. The summed E-state index contributed by atoms with van der Waals surface area (Å²) in [6, 6.07) is -4.48. The highest BCUT2D eigenvalue weighted by molar-refractivity contribution is 7.98. The van der Waals surface area contributed by atoms with E-state index in [2.05, 4.69) is 25.9 Å². The molecule has 0 saturated carbocycles. The number of carboxylic acids is 1. The van der Waals surface area contributed by atoms with E-state index >= 15 is 0 Å². The summed E-state index contributed by atoms with van der Waals surface area (Å²) in [5.74, 6) is -2.69. The van der Waals surface area contributed by atoms with Gasteiger partial charge in [-0.05, 0) is 44.2 Å². The lowest BCUT2D eigenvalue weighted by Crippen LogP contribution is -2.58. The van der Waals surface area contributed by atoms with Crippen molar-refractivity contribution in [1.29, 1.82) is 0 Å². The van der Waals surface area contributed by atoms with E-state index in [0.29, 0.717) is 30.8 Å². The number of nitrogens with zero attached hydrogens (tertiary/aromatic N) is 1. The quantitative estimate of drug-likeness (QED) is 0.106.